The maximum Gasteiger partial charge on any atom is 0.416 e. The lowest BCUT2D eigenvalue weighted by Gasteiger charge is -2.30. The molecule has 0 unspecified atom stereocenters. The number of nitrogens with zero attached hydrogens (tertiary/aromatic N) is 2. The Morgan fingerprint density at radius 3 is 2.62 bits per heavy atom. The van der Waals surface area contributed by atoms with E-state index in [4.69, 9.17) is 13.9 Å². The average Bonchev–Trinajstić information content (AvgIpc) is 3.76. The number of halogens is 3. The van der Waals surface area contributed by atoms with Crippen LogP contribution < -0.4 is 10.6 Å². The van der Waals surface area contributed by atoms with Crippen molar-refractivity contribution in [3.8, 4) is 0 Å². The van der Waals surface area contributed by atoms with Gasteiger partial charge in [-0.15, -0.1) is 0 Å². The molecule has 0 radical (unpaired) electrons. The van der Waals surface area contributed by atoms with Crippen LogP contribution >= 0.6 is 0 Å². The zero-order valence-electron chi connectivity index (χ0n) is 28.9. The molecule has 0 saturated carbocycles. The maximum atomic E-state index is 13.6. The van der Waals surface area contributed by atoms with Crippen LogP contribution in [0.2, 0.25) is 0 Å². The van der Waals surface area contributed by atoms with Gasteiger partial charge >= 0.3 is 18.2 Å². The number of rotatable bonds is 4. The van der Waals surface area contributed by atoms with Crippen molar-refractivity contribution in [2.75, 3.05) is 25.0 Å². The normalized spacial score (nSPS) is 25.5. The highest BCUT2D eigenvalue weighted by Gasteiger charge is 2.39. The summed E-state index contributed by atoms with van der Waals surface area (Å²) in [6.07, 6.45) is 1.46. The van der Waals surface area contributed by atoms with Gasteiger partial charge in [0, 0.05) is 37.0 Å². The first-order chi connectivity index (χ1) is 24.6. The van der Waals surface area contributed by atoms with Crippen molar-refractivity contribution in [2.24, 2.45) is 11.8 Å². The number of esters is 1. The summed E-state index contributed by atoms with van der Waals surface area (Å²) in [5, 5.41) is 15.4. The van der Waals surface area contributed by atoms with Gasteiger partial charge in [0.1, 0.15) is 24.2 Å². The number of ether oxygens (including phenoxy) is 2. The number of nitrogens with one attached hydrogen (secondary N) is 2. The van der Waals surface area contributed by atoms with Crippen molar-refractivity contribution in [3.63, 3.8) is 0 Å². The lowest BCUT2D eigenvalue weighted by molar-refractivity contribution is -0.159. The number of hydrogen-bond acceptors (Lipinski definition) is 10. The van der Waals surface area contributed by atoms with E-state index in [2.05, 4.69) is 15.6 Å². The molecule has 280 valence electrons. The second kappa shape index (κ2) is 17.8. The summed E-state index contributed by atoms with van der Waals surface area (Å²) in [6, 6.07) is 2.80. The second-order valence-electron chi connectivity index (χ2n) is 12.7. The summed E-state index contributed by atoms with van der Waals surface area (Å²) >= 11 is 0. The van der Waals surface area contributed by atoms with Gasteiger partial charge in [-0.05, 0) is 50.1 Å². The predicted molar refractivity (Wildman–Crippen MR) is 180 cm³/mol. The van der Waals surface area contributed by atoms with Crippen molar-refractivity contribution >= 4 is 35.3 Å². The zero-order chi connectivity index (χ0) is 38.0. The molecule has 16 heteroatoms. The van der Waals surface area contributed by atoms with Crippen LogP contribution in [-0.4, -0.2) is 82.6 Å². The highest BCUT2D eigenvalue weighted by Crippen LogP contribution is 2.30. The number of amides is 3. The Morgan fingerprint density at radius 1 is 1.17 bits per heavy atom. The number of Topliss-reactive ketones (excluding diaryl/α,β-unsaturated/α-hetero) is 1. The number of hydrogen-bond donors (Lipinski definition) is 3. The van der Waals surface area contributed by atoms with E-state index in [1.807, 2.05) is 0 Å². The Labute approximate surface area is 297 Å². The number of benzene rings is 1. The molecular weight excluding hydrogens is 689 g/mol. The van der Waals surface area contributed by atoms with Crippen LogP contribution in [0.4, 0.5) is 23.7 Å². The number of alkyl halides is 3. The molecule has 2 aliphatic heterocycles. The summed E-state index contributed by atoms with van der Waals surface area (Å²) in [4.78, 5) is 70.2. The van der Waals surface area contributed by atoms with Gasteiger partial charge in [0.15, 0.2) is 5.69 Å². The number of fused-ring (bicyclic) bond motifs is 3. The number of oxazole rings is 1. The average molecular weight is 731 g/mol. The number of ketones is 1. The third-order valence-corrected chi connectivity index (χ3v) is 8.39. The Morgan fingerprint density at radius 2 is 1.90 bits per heavy atom. The molecule has 1 saturated heterocycles. The van der Waals surface area contributed by atoms with Crippen LogP contribution in [0.15, 0.2) is 70.9 Å². The van der Waals surface area contributed by atoms with Crippen LogP contribution in [0, 0.1) is 11.8 Å². The minimum atomic E-state index is -4.54. The first-order valence-corrected chi connectivity index (χ1v) is 16.7. The highest BCUT2D eigenvalue weighted by molar-refractivity contribution is 5.95. The summed E-state index contributed by atoms with van der Waals surface area (Å²) in [5.41, 5.74) is -0.276. The van der Waals surface area contributed by atoms with Crippen molar-refractivity contribution in [1.29, 1.82) is 0 Å². The van der Waals surface area contributed by atoms with Crippen molar-refractivity contribution < 1.29 is 56.1 Å². The van der Waals surface area contributed by atoms with Crippen LogP contribution in [0.25, 0.3) is 0 Å². The molecule has 1 aromatic heterocycles. The fourth-order valence-corrected chi connectivity index (χ4v) is 5.75. The number of aliphatic hydroxyl groups is 1. The monoisotopic (exact) mass is 730 g/mol. The summed E-state index contributed by atoms with van der Waals surface area (Å²) in [6.45, 7) is 5.14. The summed E-state index contributed by atoms with van der Waals surface area (Å²) in [5.74, 6) is -3.46. The molecule has 13 nitrogen and oxygen atoms in total. The topological polar surface area (TPSA) is 177 Å². The molecule has 1 aromatic carbocycles. The van der Waals surface area contributed by atoms with Gasteiger partial charge in [-0.25, -0.2) is 14.6 Å². The highest BCUT2D eigenvalue weighted by atomic mass is 19.4. The Bertz CT molecular complexity index is 1700. The van der Waals surface area contributed by atoms with E-state index in [-0.39, 0.29) is 62.0 Å². The van der Waals surface area contributed by atoms with Crippen LogP contribution in [0.3, 0.4) is 0 Å². The molecule has 2 aliphatic rings. The zero-order valence-corrected chi connectivity index (χ0v) is 28.9. The van der Waals surface area contributed by atoms with E-state index in [1.54, 1.807) is 32.9 Å². The van der Waals surface area contributed by atoms with Gasteiger partial charge in [0.2, 0.25) is 11.8 Å². The van der Waals surface area contributed by atoms with Gasteiger partial charge in [0.25, 0.3) is 5.91 Å². The van der Waals surface area contributed by atoms with E-state index in [0.29, 0.717) is 12.0 Å². The molecule has 2 bridgehead atoms. The largest absolute Gasteiger partial charge is 0.460 e. The second-order valence-corrected chi connectivity index (χ2v) is 12.7. The molecule has 52 heavy (non-hydrogen) atoms. The number of carbonyl (C=O) groups excluding carboxylic acids is 5. The molecule has 3 N–H and O–H groups in total. The van der Waals surface area contributed by atoms with E-state index in [1.165, 1.54) is 23.1 Å². The Kier molecular flexibility index (Phi) is 13.5. The van der Waals surface area contributed by atoms with E-state index < -0.39 is 65.7 Å². The maximum absolute atomic E-state index is 13.6. The Balaban J connectivity index is 1.52. The Hall–Kier alpha value is -5.25. The summed E-state index contributed by atoms with van der Waals surface area (Å²) in [7, 11) is 0. The SMILES string of the molecule is CC1=C\[C@@H](O)CC(=O)Cc2nc(co2)C(=O)N2CCC[C@@H]2C(=O)O[C@H]([C@@H](C)COC(=O)Nc2ccc(C(F)(F)F)cc2)[C@H](C)/C=C/C(=O)NC\C=C\1. The molecule has 0 aliphatic carbocycles. The number of carbonyl (C=O) groups is 5. The van der Waals surface area contributed by atoms with Gasteiger partial charge in [-0.1, -0.05) is 43.7 Å². The van der Waals surface area contributed by atoms with Gasteiger partial charge in [-0.3, -0.25) is 19.7 Å². The first kappa shape index (κ1) is 39.5. The molecule has 1 fully saturated rings. The van der Waals surface area contributed by atoms with E-state index in [9.17, 15) is 42.3 Å². The van der Waals surface area contributed by atoms with Crippen molar-refractivity contribution in [2.45, 2.75) is 70.9 Å². The minimum absolute atomic E-state index is 0.0227. The molecule has 4 rings (SSSR count). The van der Waals surface area contributed by atoms with E-state index in [0.717, 1.165) is 30.5 Å². The van der Waals surface area contributed by atoms with Crippen molar-refractivity contribution in [3.05, 3.63) is 83.6 Å². The number of allylic oxidation sites excluding steroid dienone is 2. The predicted octanol–water partition coefficient (Wildman–Crippen LogP) is 4.78. The molecular formula is C36H41F3N4O9. The number of anilines is 1. The number of aliphatic hydroxyl groups excluding tert-OH is 1. The fraction of sp³-hybridized carbons (Fsp3) is 0.444. The number of aromatic nitrogens is 1. The fourth-order valence-electron chi connectivity index (χ4n) is 5.75. The van der Waals surface area contributed by atoms with Gasteiger partial charge < -0.3 is 29.2 Å². The lowest BCUT2D eigenvalue weighted by Crippen LogP contribution is -2.44. The molecule has 0 spiro atoms. The van der Waals surface area contributed by atoms with Crippen molar-refractivity contribution in [1.82, 2.24) is 15.2 Å². The standard InChI is InChI=1S/C36H41F3N4O9/c1-21-6-4-14-40-30(46)13-8-22(2)32(23(3)19-51-35(49)41-25-11-9-24(10-12-25)36(37,38)39)52-34(48)29-7-5-15-43(29)33(47)28-20-50-31(42-28)18-27(45)17-26(44)16-21/h4,6,8-13,16,20,22-23,26,29,32,44H,5,7,14-15,17-19H2,1-3H3,(H,40,46)(H,41,49)/b6-4+,13-8+,21-16+/t22-,23+,26-,29-,32+/m1/s1. The molecule has 3 heterocycles. The quantitative estimate of drug-likeness (QED) is 0.371. The van der Waals surface area contributed by atoms with Gasteiger partial charge in [0.05, 0.1) is 24.7 Å². The van der Waals surface area contributed by atoms with Crippen LogP contribution in [-0.2, 0) is 36.5 Å². The molecule has 5 atom stereocenters. The van der Waals surface area contributed by atoms with Crippen LogP contribution in [0.5, 0.6) is 0 Å². The smallest absolute Gasteiger partial charge is 0.416 e. The van der Waals surface area contributed by atoms with Gasteiger partial charge in [-0.2, -0.15) is 13.2 Å². The van der Waals surface area contributed by atoms with Crippen LogP contribution in [0.1, 0.15) is 62.0 Å². The number of cyclic esters (lactones) is 1. The molecule has 3 amide bonds. The van der Waals surface area contributed by atoms with E-state index >= 15 is 0 Å². The molecule has 2 aromatic rings. The minimum Gasteiger partial charge on any atom is -0.460 e. The first-order valence-electron chi connectivity index (χ1n) is 16.7. The third kappa shape index (κ3) is 11.4. The lowest BCUT2D eigenvalue weighted by atomic mass is 9.93. The summed E-state index contributed by atoms with van der Waals surface area (Å²) < 4.78 is 55.3. The third-order valence-electron chi connectivity index (χ3n) is 8.39.